The summed E-state index contributed by atoms with van der Waals surface area (Å²) in [5, 5.41) is 6.50. The molecule has 0 bridgehead atoms. The normalized spacial score (nSPS) is 20.1. The van der Waals surface area contributed by atoms with Crippen molar-refractivity contribution in [2.75, 3.05) is 44.4 Å². The molecule has 2 rings (SSSR count). The van der Waals surface area contributed by atoms with Gasteiger partial charge < -0.3 is 20.3 Å². The molecule has 1 aromatic heterocycles. The Bertz CT molecular complexity index is 412. The molecule has 1 aliphatic heterocycles. The Balaban J connectivity index is 2.10. The van der Waals surface area contributed by atoms with Crippen LogP contribution in [0.5, 0.6) is 5.75 Å². The van der Waals surface area contributed by atoms with Crippen LogP contribution in [0.4, 0.5) is 11.6 Å². The van der Waals surface area contributed by atoms with Gasteiger partial charge in [0.05, 0.1) is 7.11 Å². The van der Waals surface area contributed by atoms with Gasteiger partial charge in [-0.05, 0) is 25.9 Å². The van der Waals surface area contributed by atoms with E-state index in [1.54, 1.807) is 13.4 Å². The summed E-state index contributed by atoms with van der Waals surface area (Å²) in [6.45, 7) is 5.55. The lowest BCUT2D eigenvalue weighted by molar-refractivity contribution is 0.226. The number of hydrogen-bond acceptors (Lipinski definition) is 6. The third kappa shape index (κ3) is 3.26. The maximum absolute atomic E-state index is 5.40. The van der Waals surface area contributed by atoms with E-state index >= 15 is 0 Å². The molecule has 1 aliphatic rings. The molecule has 0 amide bonds. The zero-order chi connectivity index (χ0) is 13.7. The van der Waals surface area contributed by atoms with Gasteiger partial charge in [0.25, 0.3) is 0 Å². The van der Waals surface area contributed by atoms with Crippen LogP contribution in [0.15, 0.2) is 6.33 Å². The third-order valence-electron chi connectivity index (χ3n) is 3.54. The van der Waals surface area contributed by atoms with Gasteiger partial charge in [-0.25, -0.2) is 9.97 Å². The van der Waals surface area contributed by atoms with Crippen molar-refractivity contribution in [3.63, 3.8) is 0 Å². The molecule has 0 aliphatic carbocycles. The maximum Gasteiger partial charge on any atom is 0.204 e. The fourth-order valence-corrected chi connectivity index (χ4v) is 2.50. The van der Waals surface area contributed by atoms with Gasteiger partial charge in [-0.15, -0.1) is 0 Å². The fourth-order valence-electron chi connectivity index (χ4n) is 2.50. The predicted octanol–water partition coefficient (Wildman–Crippen LogP) is 1.42. The number of nitrogens with one attached hydrogen (secondary N) is 2. The highest BCUT2D eigenvalue weighted by Gasteiger charge is 2.21. The molecule has 0 spiro atoms. The first-order valence-corrected chi connectivity index (χ1v) is 6.84. The van der Waals surface area contributed by atoms with Crippen molar-refractivity contribution in [1.82, 2.24) is 14.9 Å². The lowest BCUT2D eigenvalue weighted by atomic mass is 10.1. The first kappa shape index (κ1) is 13.9. The molecule has 106 valence electrons. The number of aromatic nitrogens is 2. The fraction of sp³-hybridized carbons (Fsp3) is 0.692. The molecular formula is C13H23N5O. The van der Waals surface area contributed by atoms with Crippen molar-refractivity contribution in [3.05, 3.63) is 6.33 Å². The number of piperidine rings is 1. The first-order valence-electron chi connectivity index (χ1n) is 6.84. The van der Waals surface area contributed by atoms with Crippen LogP contribution in [0, 0.1) is 0 Å². The Hall–Kier alpha value is -1.56. The first-order chi connectivity index (χ1) is 9.28. The quantitative estimate of drug-likeness (QED) is 0.839. The molecule has 0 aromatic carbocycles. The molecule has 19 heavy (non-hydrogen) atoms. The van der Waals surface area contributed by atoms with Gasteiger partial charge in [-0.2, -0.15) is 0 Å². The standard InChI is InChI=1S/C13H23N5O/c1-4-18-7-5-6-10(8-18)17-13-11(19-3)12(14-2)15-9-16-13/h9-10H,4-8H2,1-3H3,(H2,14,15,16,17). The predicted molar refractivity (Wildman–Crippen MR) is 76.9 cm³/mol. The average Bonchev–Trinajstić information content (AvgIpc) is 2.47. The number of rotatable bonds is 5. The van der Waals surface area contributed by atoms with Crippen LogP contribution in [0.2, 0.25) is 0 Å². The van der Waals surface area contributed by atoms with Crippen LogP contribution < -0.4 is 15.4 Å². The Labute approximate surface area is 114 Å². The molecule has 2 heterocycles. The third-order valence-corrected chi connectivity index (χ3v) is 3.54. The van der Waals surface area contributed by atoms with E-state index in [1.165, 1.54) is 19.4 Å². The number of likely N-dealkylation sites (N-methyl/N-ethyl adjacent to an activating group) is 1. The molecule has 1 aromatic rings. The van der Waals surface area contributed by atoms with E-state index in [4.69, 9.17) is 4.74 Å². The smallest absolute Gasteiger partial charge is 0.204 e. The molecule has 0 saturated carbocycles. The van der Waals surface area contributed by atoms with Crippen molar-refractivity contribution in [3.8, 4) is 5.75 Å². The second-order valence-corrected chi connectivity index (χ2v) is 4.73. The highest BCUT2D eigenvalue weighted by molar-refractivity contribution is 5.63. The second kappa shape index (κ2) is 6.56. The summed E-state index contributed by atoms with van der Waals surface area (Å²) < 4.78 is 5.40. The average molecular weight is 265 g/mol. The van der Waals surface area contributed by atoms with E-state index in [2.05, 4.69) is 32.4 Å². The molecule has 1 atom stereocenters. The number of nitrogens with zero attached hydrogens (tertiary/aromatic N) is 3. The van der Waals surface area contributed by atoms with Gasteiger partial charge >= 0.3 is 0 Å². The minimum Gasteiger partial charge on any atom is -0.490 e. The minimum atomic E-state index is 0.419. The van der Waals surface area contributed by atoms with Crippen molar-refractivity contribution in [2.24, 2.45) is 0 Å². The van der Waals surface area contributed by atoms with Crippen molar-refractivity contribution in [1.29, 1.82) is 0 Å². The SMILES string of the molecule is CCN1CCCC(Nc2ncnc(NC)c2OC)C1. The second-order valence-electron chi connectivity index (χ2n) is 4.73. The van der Waals surface area contributed by atoms with E-state index in [0.717, 1.165) is 18.9 Å². The molecule has 1 fully saturated rings. The van der Waals surface area contributed by atoms with Gasteiger partial charge in [0.1, 0.15) is 6.33 Å². The van der Waals surface area contributed by atoms with Gasteiger partial charge in [0, 0.05) is 19.6 Å². The zero-order valence-electron chi connectivity index (χ0n) is 11.9. The zero-order valence-corrected chi connectivity index (χ0v) is 11.9. The van der Waals surface area contributed by atoms with Crippen molar-refractivity contribution in [2.45, 2.75) is 25.8 Å². The van der Waals surface area contributed by atoms with E-state index in [0.29, 0.717) is 17.6 Å². The van der Waals surface area contributed by atoms with Crippen LogP contribution in [-0.2, 0) is 0 Å². The number of hydrogen-bond donors (Lipinski definition) is 2. The molecule has 6 nitrogen and oxygen atoms in total. The summed E-state index contributed by atoms with van der Waals surface area (Å²) >= 11 is 0. The maximum atomic E-state index is 5.40. The lowest BCUT2D eigenvalue weighted by Crippen LogP contribution is -2.42. The number of likely N-dealkylation sites (tertiary alicyclic amines) is 1. The van der Waals surface area contributed by atoms with Gasteiger partial charge in [0.15, 0.2) is 11.6 Å². The number of methoxy groups -OCH3 is 1. The summed E-state index contributed by atoms with van der Waals surface area (Å²) in [5.41, 5.74) is 0. The highest BCUT2D eigenvalue weighted by Crippen LogP contribution is 2.29. The summed E-state index contributed by atoms with van der Waals surface area (Å²) in [6, 6.07) is 0.419. The summed E-state index contributed by atoms with van der Waals surface area (Å²) in [6.07, 6.45) is 3.94. The van der Waals surface area contributed by atoms with Crippen molar-refractivity contribution < 1.29 is 4.74 Å². The molecule has 1 unspecified atom stereocenters. The van der Waals surface area contributed by atoms with Crippen LogP contribution in [-0.4, -0.2) is 54.7 Å². The topological polar surface area (TPSA) is 62.3 Å². The molecule has 1 saturated heterocycles. The van der Waals surface area contributed by atoms with Gasteiger partial charge in [0.2, 0.25) is 5.75 Å². The number of anilines is 2. The minimum absolute atomic E-state index is 0.419. The van der Waals surface area contributed by atoms with Crippen LogP contribution in [0.25, 0.3) is 0 Å². The Morgan fingerprint density at radius 2 is 2.21 bits per heavy atom. The van der Waals surface area contributed by atoms with Crippen LogP contribution >= 0.6 is 0 Å². The van der Waals surface area contributed by atoms with Gasteiger partial charge in [-0.1, -0.05) is 6.92 Å². The number of ether oxygens (including phenoxy) is 1. The molecule has 2 N–H and O–H groups in total. The summed E-state index contributed by atoms with van der Waals surface area (Å²) in [7, 11) is 3.47. The lowest BCUT2D eigenvalue weighted by Gasteiger charge is -2.32. The Morgan fingerprint density at radius 1 is 1.42 bits per heavy atom. The monoisotopic (exact) mass is 265 g/mol. The summed E-state index contributed by atoms with van der Waals surface area (Å²) in [5.74, 6) is 2.16. The highest BCUT2D eigenvalue weighted by atomic mass is 16.5. The summed E-state index contributed by atoms with van der Waals surface area (Å²) in [4.78, 5) is 10.9. The van der Waals surface area contributed by atoms with E-state index in [1.807, 2.05) is 7.05 Å². The van der Waals surface area contributed by atoms with Crippen molar-refractivity contribution >= 4 is 11.6 Å². The van der Waals surface area contributed by atoms with E-state index < -0.39 is 0 Å². The molecule has 0 radical (unpaired) electrons. The van der Waals surface area contributed by atoms with E-state index in [-0.39, 0.29) is 0 Å². The Morgan fingerprint density at radius 3 is 2.89 bits per heavy atom. The largest absolute Gasteiger partial charge is 0.490 e. The van der Waals surface area contributed by atoms with E-state index in [9.17, 15) is 0 Å². The van der Waals surface area contributed by atoms with Crippen LogP contribution in [0.3, 0.4) is 0 Å². The molecular weight excluding hydrogens is 242 g/mol. The molecule has 6 heteroatoms. The van der Waals surface area contributed by atoms with Gasteiger partial charge in [-0.3, -0.25) is 0 Å². The van der Waals surface area contributed by atoms with Crippen LogP contribution in [0.1, 0.15) is 19.8 Å². The Kier molecular flexibility index (Phi) is 4.79.